The van der Waals surface area contributed by atoms with E-state index in [1.54, 1.807) is 20.3 Å². The Balaban J connectivity index is 2.02. The number of benzene rings is 2. The minimum atomic E-state index is -0.339. The molecule has 3 rings (SSSR count). The average molecular weight is 285 g/mol. The highest BCUT2D eigenvalue weighted by Gasteiger charge is 2.26. The smallest absolute Gasteiger partial charge is 0.342 e. The van der Waals surface area contributed by atoms with Crippen LogP contribution >= 0.6 is 0 Å². The molecule has 21 heavy (non-hydrogen) atoms. The fourth-order valence-corrected chi connectivity index (χ4v) is 2.29. The van der Waals surface area contributed by atoms with Gasteiger partial charge in [-0.3, -0.25) is 0 Å². The first-order valence-electron chi connectivity index (χ1n) is 6.49. The number of ether oxygens (including phenoxy) is 3. The Hall–Kier alpha value is -2.69. The summed E-state index contributed by atoms with van der Waals surface area (Å²) in [5, 5.41) is 0. The van der Waals surface area contributed by atoms with Crippen LogP contribution in [0.4, 0.5) is 11.4 Å². The van der Waals surface area contributed by atoms with Gasteiger partial charge in [0.05, 0.1) is 25.5 Å². The number of carbonyl (C=O) groups excluding carboxylic acids is 1. The molecule has 0 unspecified atom stereocenters. The van der Waals surface area contributed by atoms with Crippen LogP contribution in [0, 0.1) is 0 Å². The molecule has 2 aromatic rings. The van der Waals surface area contributed by atoms with Gasteiger partial charge in [0.1, 0.15) is 11.5 Å². The van der Waals surface area contributed by atoms with Crippen molar-refractivity contribution in [3.63, 3.8) is 0 Å². The maximum absolute atomic E-state index is 11.9. The molecule has 0 saturated carbocycles. The predicted octanol–water partition coefficient (Wildman–Crippen LogP) is 2.97. The van der Waals surface area contributed by atoms with Gasteiger partial charge in [0.2, 0.25) is 0 Å². The highest BCUT2D eigenvalue weighted by atomic mass is 16.5. The van der Waals surface area contributed by atoms with E-state index in [9.17, 15) is 4.79 Å². The molecule has 108 valence electrons. The topological polar surface area (TPSA) is 48.0 Å². The lowest BCUT2D eigenvalue weighted by Gasteiger charge is -2.30. The summed E-state index contributed by atoms with van der Waals surface area (Å²) >= 11 is 0. The van der Waals surface area contributed by atoms with Gasteiger partial charge >= 0.3 is 5.97 Å². The van der Waals surface area contributed by atoms with E-state index in [-0.39, 0.29) is 12.7 Å². The van der Waals surface area contributed by atoms with Crippen molar-refractivity contribution in [2.45, 2.75) is 0 Å². The monoisotopic (exact) mass is 285 g/mol. The Morgan fingerprint density at radius 1 is 1.00 bits per heavy atom. The molecule has 0 bridgehead atoms. The molecule has 0 atom stereocenters. The van der Waals surface area contributed by atoms with Gasteiger partial charge in [0.15, 0.2) is 6.73 Å². The minimum Gasteiger partial charge on any atom is -0.497 e. The van der Waals surface area contributed by atoms with Gasteiger partial charge in [-0.2, -0.15) is 0 Å². The number of fused-ring (bicyclic) bond motifs is 1. The van der Waals surface area contributed by atoms with Crippen LogP contribution in [0.3, 0.4) is 0 Å². The summed E-state index contributed by atoms with van der Waals surface area (Å²) in [5.41, 5.74) is 2.23. The van der Waals surface area contributed by atoms with Crippen molar-refractivity contribution in [1.29, 1.82) is 0 Å². The maximum Gasteiger partial charge on any atom is 0.342 e. The van der Waals surface area contributed by atoms with Crippen LogP contribution in [0.15, 0.2) is 42.5 Å². The molecule has 0 N–H and O–H groups in total. The number of hydrogen-bond acceptors (Lipinski definition) is 5. The van der Waals surface area contributed by atoms with E-state index in [2.05, 4.69) is 0 Å². The highest BCUT2D eigenvalue weighted by Crippen LogP contribution is 2.35. The SMILES string of the molecule is COc1ccc(N2COC(=O)c3cc(OC)ccc32)cc1. The van der Waals surface area contributed by atoms with E-state index in [0.717, 1.165) is 17.1 Å². The number of nitrogens with zero attached hydrogens (tertiary/aromatic N) is 1. The number of cyclic esters (lactones) is 1. The Morgan fingerprint density at radius 2 is 1.67 bits per heavy atom. The summed E-state index contributed by atoms with van der Waals surface area (Å²) in [7, 11) is 3.19. The zero-order chi connectivity index (χ0) is 14.8. The van der Waals surface area contributed by atoms with Crippen LogP contribution in [-0.2, 0) is 4.74 Å². The van der Waals surface area contributed by atoms with Crippen LogP contribution in [0.1, 0.15) is 10.4 Å². The first kappa shape index (κ1) is 13.3. The molecular formula is C16H15NO4. The quantitative estimate of drug-likeness (QED) is 0.811. The number of esters is 1. The number of rotatable bonds is 3. The molecule has 0 saturated heterocycles. The number of hydrogen-bond donors (Lipinski definition) is 0. The molecule has 5 heteroatoms. The molecule has 0 spiro atoms. The molecule has 1 aliphatic rings. The third kappa shape index (κ3) is 2.38. The van der Waals surface area contributed by atoms with E-state index < -0.39 is 0 Å². The number of carbonyl (C=O) groups is 1. The number of anilines is 2. The van der Waals surface area contributed by atoms with Crippen molar-refractivity contribution in [2.75, 3.05) is 25.9 Å². The molecule has 2 aromatic carbocycles. The van der Waals surface area contributed by atoms with E-state index in [1.807, 2.05) is 41.3 Å². The second-order valence-electron chi connectivity index (χ2n) is 4.57. The van der Waals surface area contributed by atoms with Gasteiger partial charge in [-0.15, -0.1) is 0 Å². The first-order valence-corrected chi connectivity index (χ1v) is 6.49. The third-order valence-corrected chi connectivity index (χ3v) is 3.42. The van der Waals surface area contributed by atoms with E-state index in [0.29, 0.717) is 11.3 Å². The molecule has 5 nitrogen and oxygen atoms in total. The molecule has 0 fully saturated rings. The molecule has 0 aliphatic carbocycles. The van der Waals surface area contributed by atoms with Crippen molar-refractivity contribution < 1.29 is 19.0 Å². The largest absolute Gasteiger partial charge is 0.497 e. The fourth-order valence-electron chi connectivity index (χ4n) is 2.29. The van der Waals surface area contributed by atoms with E-state index >= 15 is 0 Å². The van der Waals surface area contributed by atoms with Crippen LogP contribution in [0.5, 0.6) is 11.5 Å². The van der Waals surface area contributed by atoms with Crippen LogP contribution in [-0.4, -0.2) is 26.9 Å². The van der Waals surface area contributed by atoms with Gasteiger partial charge in [0, 0.05) is 5.69 Å². The normalized spacial score (nSPS) is 13.4. The first-order chi connectivity index (χ1) is 10.2. The second-order valence-corrected chi connectivity index (χ2v) is 4.57. The van der Waals surface area contributed by atoms with Crippen molar-refractivity contribution in [3.8, 4) is 11.5 Å². The van der Waals surface area contributed by atoms with E-state index in [1.165, 1.54) is 0 Å². The van der Waals surface area contributed by atoms with Gasteiger partial charge in [-0.05, 0) is 42.5 Å². The summed E-state index contributed by atoms with van der Waals surface area (Å²) in [4.78, 5) is 13.8. The van der Waals surface area contributed by atoms with Crippen molar-refractivity contribution in [1.82, 2.24) is 0 Å². The van der Waals surface area contributed by atoms with Crippen LogP contribution in [0.2, 0.25) is 0 Å². The third-order valence-electron chi connectivity index (χ3n) is 3.42. The Bertz CT molecular complexity index is 666. The van der Waals surface area contributed by atoms with Gasteiger partial charge in [-0.25, -0.2) is 4.79 Å². The summed E-state index contributed by atoms with van der Waals surface area (Å²) in [6, 6.07) is 13.0. The lowest BCUT2D eigenvalue weighted by Crippen LogP contribution is -2.30. The second kappa shape index (κ2) is 5.36. The zero-order valence-electron chi connectivity index (χ0n) is 11.8. The zero-order valence-corrected chi connectivity index (χ0v) is 11.8. The summed E-state index contributed by atoms with van der Waals surface area (Å²) in [6.45, 7) is 0.185. The fraction of sp³-hybridized carbons (Fsp3) is 0.188. The van der Waals surface area contributed by atoms with Crippen molar-refractivity contribution in [3.05, 3.63) is 48.0 Å². The van der Waals surface area contributed by atoms with Gasteiger partial charge in [0.25, 0.3) is 0 Å². The van der Waals surface area contributed by atoms with Crippen LogP contribution < -0.4 is 14.4 Å². The van der Waals surface area contributed by atoms with Crippen LogP contribution in [0.25, 0.3) is 0 Å². The molecule has 0 amide bonds. The number of methoxy groups -OCH3 is 2. The molecule has 0 radical (unpaired) electrons. The van der Waals surface area contributed by atoms with Crippen molar-refractivity contribution >= 4 is 17.3 Å². The predicted molar refractivity (Wildman–Crippen MR) is 78.4 cm³/mol. The average Bonchev–Trinajstić information content (AvgIpc) is 2.55. The molecule has 1 aliphatic heterocycles. The maximum atomic E-state index is 11.9. The summed E-state index contributed by atoms with van der Waals surface area (Å²) < 4.78 is 15.5. The molecular weight excluding hydrogens is 270 g/mol. The van der Waals surface area contributed by atoms with Gasteiger partial charge in [-0.1, -0.05) is 0 Å². The Kier molecular flexibility index (Phi) is 3.39. The summed E-state index contributed by atoms with van der Waals surface area (Å²) in [5.74, 6) is 1.07. The minimum absolute atomic E-state index is 0.185. The summed E-state index contributed by atoms with van der Waals surface area (Å²) in [6.07, 6.45) is 0. The Morgan fingerprint density at radius 3 is 2.33 bits per heavy atom. The van der Waals surface area contributed by atoms with Crippen molar-refractivity contribution in [2.24, 2.45) is 0 Å². The van der Waals surface area contributed by atoms with E-state index in [4.69, 9.17) is 14.2 Å². The van der Waals surface area contributed by atoms with Gasteiger partial charge < -0.3 is 19.1 Å². The standard InChI is InChI=1S/C16H15NO4/c1-19-12-5-3-11(4-6-12)17-10-21-16(18)14-9-13(20-2)7-8-15(14)17/h3-9H,10H2,1-2H3. The molecule has 0 aromatic heterocycles. The Labute approximate surface area is 122 Å². The highest BCUT2D eigenvalue weighted by molar-refractivity contribution is 5.99. The molecule has 1 heterocycles. The lowest BCUT2D eigenvalue weighted by molar-refractivity contribution is 0.0493. The lowest BCUT2D eigenvalue weighted by atomic mass is 10.1.